The molecule has 3 aliphatic rings. The summed E-state index contributed by atoms with van der Waals surface area (Å²) in [5.41, 5.74) is 4.78. The first-order valence-electron chi connectivity index (χ1n) is 20.8. The van der Waals surface area contributed by atoms with Gasteiger partial charge in [0.05, 0.1) is 24.8 Å². The molecule has 4 amide bonds. The summed E-state index contributed by atoms with van der Waals surface area (Å²) in [5, 5.41) is 3.12. The molecule has 10 heteroatoms. The number of urea groups is 1. The molecule has 0 radical (unpaired) electrons. The Morgan fingerprint density at radius 1 is 0.705 bits per heavy atom. The van der Waals surface area contributed by atoms with Crippen molar-refractivity contribution in [1.29, 1.82) is 0 Å². The van der Waals surface area contributed by atoms with Gasteiger partial charge in [-0.25, -0.2) is 4.79 Å². The predicted octanol–water partition coefficient (Wildman–Crippen LogP) is 9.45. The molecule has 1 unspecified atom stereocenters. The number of ether oxygens (including phenoxy) is 2. The molecular formula is C51H47BrN4O5. The van der Waals surface area contributed by atoms with Gasteiger partial charge in [0.15, 0.2) is 0 Å². The van der Waals surface area contributed by atoms with Gasteiger partial charge in [-0.3, -0.25) is 19.4 Å². The Hall–Kier alpha value is -6.07. The topological polar surface area (TPSA) is 91.4 Å². The second-order valence-corrected chi connectivity index (χ2v) is 16.9. The van der Waals surface area contributed by atoms with E-state index in [1.54, 1.807) is 31.4 Å². The standard InChI is InChI=1S/C51H47BrN4O5/c1-60-42-27-25-41(26-28-42)53-50(59)54-30-29-35(32-56-48(57)43-19-11-12-20-44(43)49(56)58)31-55-45(33-54)47(36-21-23-40(52)24-22-36)46(55)34-61-51(37-13-5-2-6-14-37,38-15-7-3-8-16-38)39-17-9-4-10-18-39/h2-28,35,45-47H,29-34H2,1H3,(H,53,59)/t35?,45-,46+,47+/m0/s1. The summed E-state index contributed by atoms with van der Waals surface area (Å²) < 4.78 is 13.9. The first-order valence-corrected chi connectivity index (χ1v) is 21.6. The van der Waals surface area contributed by atoms with Gasteiger partial charge in [0.2, 0.25) is 0 Å². The number of hydrogen-bond acceptors (Lipinski definition) is 6. The molecule has 1 N–H and O–H groups in total. The number of fused-ring (bicyclic) bond motifs is 2. The highest BCUT2D eigenvalue weighted by molar-refractivity contribution is 9.10. The highest BCUT2D eigenvalue weighted by atomic mass is 79.9. The summed E-state index contributed by atoms with van der Waals surface area (Å²) in [6, 6.07) is 53.5. The number of nitrogens with one attached hydrogen (secondary N) is 1. The van der Waals surface area contributed by atoms with Gasteiger partial charge in [-0.05, 0) is 83.1 Å². The summed E-state index contributed by atoms with van der Waals surface area (Å²) in [5.74, 6) is 0.0110. The van der Waals surface area contributed by atoms with E-state index in [0.717, 1.165) is 26.7 Å². The van der Waals surface area contributed by atoms with Gasteiger partial charge in [-0.15, -0.1) is 0 Å². The number of benzene rings is 6. The Morgan fingerprint density at radius 2 is 1.25 bits per heavy atom. The van der Waals surface area contributed by atoms with Crippen LogP contribution in [-0.2, 0) is 10.3 Å². The van der Waals surface area contributed by atoms with Crippen LogP contribution in [0.15, 0.2) is 168 Å². The van der Waals surface area contributed by atoms with Crippen LogP contribution in [0.4, 0.5) is 10.5 Å². The van der Waals surface area contributed by atoms with Gasteiger partial charge in [0.25, 0.3) is 11.8 Å². The zero-order valence-electron chi connectivity index (χ0n) is 33.9. The Kier molecular flexibility index (Phi) is 11.6. The molecule has 3 aliphatic heterocycles. The molecule has 61 heavy (non-hydrogen) atoms. The fourth-order valence-corrected chi connectivity index (χ4v) is 9.79. The molecule has 2 saturated heterocycles. The number of methoxy groups -OCH3 is 1. The molecule has 6 aromatic carbocycles. The molecule has 2 fully saturated rings. The van der Waals surface area contributed by atoms with Crippen LogP contribution in [0.3, 0.4) is 0 Å². The predicted molar refractivity (Wildman–Crippen MR) is 240 cm³/mol. The van der Waals surface area contributed by atoms with Crippen molar-refractivity contribution in [3.8, 4) is 5.75 Å². The minimum Gasteiger partial charge on any atom is -0.497 e. The van der Waals surface area contributed by atoms with E-state index in [4.69, 9.17) is 9.47 Å². The Morgan fingerprint density at radius 3 is 1.79 bits per heavy atom. The molecule has 3 heterocycles. The molecule has 0 saturated carbocycles. The Balaban J connectivity index is 1.09. The van der Waals surface area contributed by atoms with Gasteiger partial charge in [0.1, 0.15) is 11.4 Å². The Labute approximate surface area is 365 Å². The minimum atomic E-state index is -0.939. The van der Waals surface area contributed by atoms with Crippen LogP contribution in [0.1, 0.15) is 55.3 Å². The average molecular weight is 876 g/mol. The smallest absolute Gasteiger partial charge is 0.321 e. The molecule has 0 bridgehead atoms. The van der Waals surface area contributed by atoms with E-state index in [1.165, 1.54) is 4.90 Å². The number of carbonyl (C=O) groups excluding carboxylic acids is 3. The van der Waals surface area contributed by atoms with Crippen LogP contribution in [0.2, 0.25) is 0 Å². The first kappa shape index (κ1) is 40.3. The third kappa shape index (κ3) is 7.87. The van der Waals surface area contributed by atoms with Crippen molar-refractivity contribution in [2.45, 2.75) is 30.0 Å². The van der Waals surface area contributed by atoms with Crippen LogP contribution in [0.5, 0.6) is 5.75 Å². The summed E-state index contributed by atoms with van der Waals surface area (Å²) in [6.07, 6.45) is 0.588. The van der Waals surface area contributed by atoms with Gasteiger partial charge in [0, 0.05) is 54.3 Å². The highest BCUT2D eigenvalue weighted by Gasteiger charge is 2.53. The molecule has 9 rings (SSSR count). The van der Waals surface area contributed by atoms with E-state index in [0.29, 0.717) is 55.2 Å². The van der Waals surface area contributed by atoms with Crippen molar-refractivity contribution in [3.05, 3.63) is 202 Å². The number of amides is 4. The maximum absolute atomic E-state index is 14.3. The third-order valence-electron chi connectivity index (χ3n) is 12.6. The fourth-order valence-electron chi connectivity index (χ4n) is 9.53. The lowest BCUT2D eigenvalue weighted by Gasteiger charge is -2.59. The van der Waals surface area contributed by atoms with E-state index in [1.807, 2.05) is 47.4 Å². The summed E-state index contributed by atoms with van der Waals surface area (Å²) in [4.78, 5) is 47.5. The lowest BCUT2D eigenvalue weighted by Crippen LogP contribution is -2.69. The second kappa shape index (κ2) is 17.5. The van der Waals surface area contributed by atoms with Crippen molar-refractivity contribution in [2.24, 2.45) is 5.92 Å². The van der Waals surface area contributed by atoms with E-state index < -0.39 is 5.60 Å². The number of anilines is 1. The third-order valence-corrected chi connectivity index (χ3v) is 13.1. The average Bonchev–Trinajstić information content (AvgIpc) is 3.54. The largest absolute Gasteiger partial charge is 0.497 e. The van der Waals surface area contributed by atoms with Crippen molar-refractivity contribution in [1.82, 2.24) is 14.7 Å². The van der Waals surface area contributed by atoms with Crippen LogP contribution >= 0.6 is 15.9 Å². The summed E-state index contributed by atoms with van der Waals surface area (Å²) in [7, 11) is 1.61. The highest BCUT2D eigenvalue weighted by Crippen LogP contribution is 2.47. The number of halogens is 1. The van der Waals surface area contributed by atoms with Crippen LogP contribution in [-0.4, -0.2) is 84.5 Å². The van der Waals surface area contributed by atoms with E-state index in [-0.39, 0.29) is 48.3 Å². The maximum Gasteiger partial charge on any atom is 0.321 e. The molecular weight excluding hydrogens is 828 g/mol. The molecule has 308 valence electrons. The molecule has 6 aromatic rings. The van der Waals surface area contributed by atoms with Gasteiger partial charge in [-0.1, -0.05) is 131 Å². The number of imide groups is 1. The lowest BCUT2D eigenvalue weighted by molar-refractivity contribution is -0.109. The van der Waals surface area contributed by atoms with Crippen molar-refractivity contribution in [3.63, 3.8) is 0 Å². The summed E-state index contributed by atoms with van der Waals surface area (Å²) in [6.45, 7) is 2.13. The van der Waals surface area contributed by atoms with Gasteiger partial charge >= 0.3 is 6.03 Å². The number of carbonyl (C=O) groups is 3. The van der Waals surface area contributed by atoms with E-state index in [2.05, 4.69) is 123 Å². The lowest BCUT2D eigenvalue weighted by atomic mass is 9.73. The quantitative estimate of drug-likeness (QED) is 0.103. The van der Waals surface area contributed by atoms with Crippen molar-refractivity contribution < 1.29 is 23.9 Å². The fraction of sp³-hybridized carbons (Fsp3) is 0.235. The van der Waals surface area contributed by atoms with Crippen LogP contribution in [0, 0.1) is 5.92 Å². The van der Waals surface area contributed by atoms with E-state index >= 15 is 0 Å². The molecule has 0 spiro atoms. The molecule has 9 nitrogen and oxygen atoms in total. The normalized spacial score (nSPS) is 20.2. The first-order chi connectivity index (χ1) is 29.8. The van der Waals surface area contributed by atoms with Gasteiger partial charge in [-0.2, -0.15) is 0 Å². The number of rotatable bonds is 11. The Bertz CT molecular complexity index is 2360. The number of nitrogens with zero attached hydrogens (tertiary/aromatic N) is 3. The second-order valence-electron chi connectivity index (χ2n) is 16.0. The monoisotopic (exact) mass is 874 g/mol. The van der Waals surface area contributed by atoms with E-state index in [9.17, 15) is 14.4 Å². The summed E-state index contributed by atoms with van der Waals surface area (Å²) >= 11 is 3.65. The minimum absolute atomic E-state index is 0.0116. The molecule has 0 aromatic heterocycles. The SMILES string of the molecule is COc1ccc(NC(=O)N2CCC(CN3C(=O)c4ccccc4C3=O)CN3[C@H](COC(c4ccccc4)(c4ccccc4)c4ccccc4)[C@H](c4ccc(Br)cc4)[C@@H]3C2)cc1. The number of hydrogen-bond donors (Lipinski definition) is 1. The van der Waals surface area contributed by atoms with Crippen LogP contribution in [0.25, 0.3) is 0 Å². The van der Waals surface area contributed by atoms with Crippen molar-refractivity contribution in [2.75, 3.05) is 45.2 Å². The van der Waals surface area contributed by atoms with Crippen LogP contribution < -0.4 is 10.1 Å². The van der Waals surface area contributed by atoms with Gasteiger partial charge < -0.3 is 19.7 Å². The molecule has 0 aliphatic carbocycles. The zero-order chi connectivity index (χ0) is 41.9. The molecule has 4 atom stereocenters. The maximum atomic E-state index is 14.3. The zero-order valence-corrected chi connectivity index (χ0v) is 35.5. The van der Waals surface area contributed by atoms with Crippen molar-refractivity contribution >= 4 is 39.5 Å².